The lowest BCUT2D eigenvalue weighted by molar-refractivity contribution is 0.277. The number of hydrogen-bond acceptors (Lipinski definition) is 3. The molecule has 2 heterocycles. The molecule has 0 saturated carbocycles. The van der Waals surface area contributed by atoms with Crippen molar-refractivity contribution in [1.29, 1.82) is 0 Å². The molecule has 1 N–H and O–H groups in total. The third-order valence-electron chi connectivity index (χ3n) is 4.74. The van der Waals surface area contributed by atoms with E-state index in [9.17, 15) is 0 Å². The molecule has 0 amide bonds. The van der Waals surface area contributed by atoms with Gasteiger partial charge in [-0.1, -0.05) is 42.5 Å². The summed E-state index contributed by atoms with van der Waals surface area (Å²) >= 11 is 1.80. The monoisotopic (exact) mass is 349 g/mol. The summed E-state index contributed by atoms with van der Waals surface area (Å²) < 4.78 is 5.92. The zero-order valence-corrected chi connectivity index (χ0v) is 15.1. The maximum absolute atomic E-state index is 5.92. The van der Waals surface area contributed by atoms with E-state index in [0.717, 1.165) is 25.3 Å². The number of rotatable bonds is 6. The molecule has 0 unspecified atom stereocenters. The summed E-state index contributed by atoms with van der Waals surface area (Å²) in [4.78, 5) is 1.33. The standard InChI is InChI=1S/C22H23NOS/c1-2-7-21(22-8-4-14-25-22)18(5-1)15-17-9-11-20(12-10-17)24-16-19-6-3-13-23-19/h1-2,4-5,7-12,14,19,23H,3,6,13,15-16H2/t19-/m1/s1. The molecule has 3 heteroatoms. The second-order valence-electron chi connectivity index (χ2n) is 6.56. The summed E-state index contributed by atoms with van der Waals surface area (Å²) in [5, 5.41) is 5.60. The first-order chi connectivity index (χ1) is 12.4. The van der Waals surface area contributed by atoms with E-state index in [1.807, 2.05) is 0 Å². The van der Waals surface area contributed by atoms with Crippen LogP contribution >= 0.6 is 11.3 Å². The number of nitrogens with one attached hydrogen (secondary N) is 1. The fourth-order valence-electron chi connectivity index (χ4n) is 3.37. The Bertz CT molecular complexity index is 789. The Morgan fingerprint density at radius 1 is 1.00 bits per heavy atom. The van der Waals surface area contributed by atoms with E-state index in [-0.39, 0.29) is 0 Å². The van der Waals surface area contributed by atoms with Crippen molar-refractivity contribution in [3.8, 4) is 16.2 Å². The molecule has 0 spiro atoms. The molecule has 4 rings (SSSR count). The third kappa shape index (κ3) is 4.12. The molecule has 128 valence electrons. The Morgan fingerprint density at radius 2 is 1.88 bits per heavy atom. The quantitative estimate of drug-likeness (QED) is 0.665. The fourth-order valence-corrected chi connectivity index (χ4v) is 4.15. The van der Waals surface area contributed by atoms with E-state index >= 15 is 0 Å². The second kappa shape index (κ2) is 7.85. The maximum atomic E-state index is 5.92. The maximum Gasteiger partial charge on any atom is 0.119 e. The van der Waals surface area contributed by atoms with Gasteiger partial charge in [0, 0.05) is 10.9 Å². The van der Waals surface area contributed by atoms with Gasteiger partial charge in [0.2, 0.25) is 0 Å². The van der Waals surface area contributed by atoms with Gasteiger partial charge in [0.05, 0.1) is 0 Å². The molecule has 2 nitrogen and oxygen atoms in total. The van der Waals surface area contributed by atoms with Gasteiger partial charge >= 0.3 is 0 Å². The van der Waals surface area contributed by atoms with Crippen LogP contribution in [-0.4, -0.2) is 19.2 Å². The van der Waals surface area contributed by atoms with E-state index < -0.39 is 0 Å². The number of hydrogen-bond donors (Lipinski definition) is 1. The van der Waals surface area contributed by atoms with Crippen LogP contribution in [0.25, 0.3) is 10.4 Å². The van der Waals surface area contributed by atoms with Crippen LogP contribution in [0.15, 0.2) is 66.0 Å². The summed E-state index contributed by atoms with van der Waals surface area (Å²) in [7, 11) is 0. The molecular weight excluding hydrogens is 326 g/mol. The van der Waals surface area contributed by atoms with Crippen LogP contribution in [0, 0.1) is 0 Å². The van der Waals surface area contributed by atoms with Crippen LogP contribution in [0.1, 0.15) is 24.0 Å². The molecular formula is C22H23NOS. The van der Waals surface area contributed by atoms with Crippen molar-refractivity contribution in [3.05, 3.63) is 77.2 Å². The van der Waals surface area contributed by atoms with Crippen LogP contribution in [-0.2, 0) is 6.42 Å². The topological polar surface area (TPSA) is 21.3 Å². The van der Waals surface area contributed by atoms with Crippen molar-refractivity contribution in [2.24, 2.45) is 0 Å². The van der Waals surface area contributed by atoms with Crippen molar-refractivity contribution < 1.29 is 4.74 Å². The van der Waals surface area contributed by atoms with Crippen molar-refractivity contribution >= 4 is 11.3 Å². The van der Waals surface area contributed by atoms with Crippen molar-refractivity contribution in [2.75, 3.05) is 13.2 Å². The predicted octanol–water partition coefficient (Wildman–Crippen LogP) is 5.14. The molecule has 3 aromatic rings. The average molecular weight is 349 g/mol. The van der Waals surface area contributed by atoms with Crippen LogP contribution in [0.2, 0.25) is 0 Å². The minimum Gasteiger partial charge on any atom is -0.492 e. The number of benzene rings is 2. The van der Waals surface area contributed by atoms with Crippen molar-refractivity contribution in [1.82, 2.24) is 5.32 Å². The highest BCUT2D eigenvalue weighted by Crippen LogP contribution is 2.29. The molecule has 1 aromatic heterocycles. The number of ether oxygens (including phenoxy) is 1. The molecule has 0 aliphatic carbocycles. The molecule has 1 saturated heterocycles. The highest BCUT2D eigenvalue weighted by Gasteiger charge is 2.14. The van der Waals surface area contributed by atoms with E-state index in [1.165, 1.54) is 34.4 Å². The lowest BCUT2D eigenvalue weighted by atomic mass is 9.99. The SMILES string of the molecule is c1csc(-c2ccccc2Cc2ccc(OC[C@H]3CCCN3)cc2)c1. The lowest BCUT2D eigenvalue weighted by Gasteiger charge is -2.13. The fraction of sp³-hybridized carbons (Fsp3) is 0.273. The molecule has 1 aliphatic rings. The van der Waals surface area contributed by atoms with Gasteiger partial charge in [0.15, 0.2) is 0 Å². The van der Waals surface area contributed by atoms with Crippen LogP contribution in [0.5, 0.6) is 5.75 Å². The molecule has 0 radical (unpaired) electrons. The molecule has 1 atom stereocenters. The first-order valence-electron chi connectivity index (χ1n) is 8.95. The van der Waals surface area contributed by atoms with Gasteiger partial charge in [-0.3, -0.25) is 0 Å². The van der Waals surface area contributed by atoms with Gasteiger partial charge < -0.3 is 10.1 Å². The first-order valence-corrected chi connectivity index (χ1v) is 9.83. The van der Waals surface area contributed by atoms with Crippen LogP contribution in [0.4, 0.5) is 0 Å². The predicted molar refractivity (Wildman–Crippen MR) is 106 cm³/mol. The molecule has 25 heavy (non-hydrogen) atoms. The Morgan fingerprint density at radius 3 is 2.64 bits per heavy atom. The molecule has 1 fully saturated rings. The van der Waals surface area contributed by atoms with Crippen molar-refractivity contribution in [2.45, 2.75) is 25.3 Å². The minimum absolute atomic E-state index is 0.511. The van der Waals surface area contributed by atoms with Gasteiger partial charge in [-0.2, -0.15) is 0 Å². The Labute approximate surface area is 153 Å². The molecule has 1 aliphatic heterocycles. The van der Waals surface area contributed by atoms with Crippen LogP contribution in [0.3, 0.4) is 0 Å². The average Bonchev–Trinajstić information content (AvgIpc) is 3.36. The smallest absolute Gasteiger partial charge is 0.119 e. The summed E-state index contributed by atoms with van der Waals surface area (Å²) in [6.07, 6.45) is 3.42. The third-order valence-corrected chi connectivity index (χ3v) is 5.64. The van der Waals surface area contributed by atoms with Gasteiger partial charge in [0.25, 0.3) is 0 Å². The minimum atomic E-state index is 0.511. The van der Waals surface area contributed by atoms with Crippen LogP contribution < -0.4 is 10.1 Å². The van der Waals surface area contributed by atoms with E-state index in [1.54, 1.807) is 11.3 Å². The summed E-state index contributed by atoms with van der Waals surface area (Å²) in [5.41, 5.74) is 4.02. The highest BCUT2D eigenvalue weighted by molar-refractivity contribution is 7.13. The van der Waals surface area contributed by atoms with E-state index in [0.29, 0.717) is 6.04 Å². The summed E-state index contributed by atoms with van der Waals surface area (Å²) in [6, 6.07) is 22.1. The van der Waals surface area contributed by atoms with Gasteiger partial charge in [-0.25, -0.2) is 0 Å². The Kier molecular flexibility index (Phi) is 5.14. The highest BCUT2D eigenvalue weighted by atomic mass is 32.1. The summed E-state index contributed by atoms with van der Waals surface area (Å²) in [6.45, 7) is 1.89. The molecule has 2 aromatic carbocycles. The first kappa shape index (κ1) is 16.4. The largest absolute Gasteiger partial charge is 0.492 e. The zero-order chi connectivity index (χ0) is 16.9. The summed E-state index contributed by atoms with van der Waals surface area (Å²) in [5.74, 6) is 0.962. The zero-order valence-electron chi connectivity index (χ0n) is 14.3. The molecule has 0 bridgehead atoms. The Hall–Kier alpha value is -2.10. The Balaban J connectivity index is 1.43. The normalized spacial score (nSPS) is 16.9. The van der Waals surface area contributed by atoms with Crippen molar-refractivity contribution in [3.63, 3.8) is 0 Å². The number of thiophene rings is 1. The van der Waals surface area contributed by atoms with E-state index in [2.05, 4.69) is 71.4 Å². The van der Waals surface area contributed by atoms with Gasteiger partial charge in [-0.05, 0) is 66.1 Å². The van der Waals surface area contributed by atoms with Gasteiger partial charge in [0.1, 0.15) is 12.4 Å². The van der Waals surface area contributed by atoms with E-state index in [4.69, 9.17) is 4.74 Å². The lowest BCUT2D eigenvalue weighted by Crippen LogP contribution is -2.28. The van der Waals surface area contributed by atoms with Gasteiger partial charge in [-0.15, -0.1) is 11.3 Å². The second-order valence-corrected chi connectivity index (χ2v) is 7.51.